The fourth-order valence-corrected chi connectivity index (χ4v) is 2.24. The number of esters is 1. The zero-order chi connectivity index (χ0) is 15.0. The number of nitrogens with zero attached hydrogens (tertiary/aromatic N) is 1. The van der Waals surface area contributed by atoms with E-state index in [2.05, 4.69) is 4.74 Å². The summed E-state index contributed by atoms with van der Waals surface area (Å²) in [5.74, 6) is -0.372. The molecule has 0 amide bonds. The quantitative estimate of drug-likeness (QED) is 0.691. The van der Waals surface area contributed by atoms with Crippen LogP contribution in [0.25, 0.3) is 11.1 Å². The van der Waals surface area contributed by atoms with Gasteiger partial charge in [0, 0.05) is 5.56 Å². The van der Waals surface area contributed by atoms with Gasteiger partial charge in [-0.15, -0.1) is 0 Å². The number of hydrogen-bond donors (Lipinski definition) is 0. The van der Waals surface area contributed by atoms with Crippen LogP contribution < -0.4 is 5.76 Å². The number of carbonyl (C=O) groups excluding carboxylic acids is 1. The van der Waals surface area contributed by atoms with Crippen LogP contribution in [0.15, 0.2) is 44.0 Å². The van der Waals surface area contributed by atoms with E-state index in [4.69, 9.17) is 8.83 Å². The molecule has 108 valence electrons. The lowest BCUT2D eigenvalue weighted by Gasteiger charge is -1.99. The lowest BCUT2D eigenvalue weighted by molar-refractivity contribution is 0.0561. The number of hydrogen-bond acceptors (Lipinski definition) is 5. The summed E-state index contributed by atoms with van der Waals surface area (Å²) in [7, 11) is 1.29. The number of carbonyl (C=O) groups is 1. The zero-order valence-corrected chi connectivity index (χ0v) is 11.6. The number of fused-ring (bicyclic) bond motifs is 1. The molecule has 0 bridgehead atoms. The van der Waals surface area contributed by atoms with Crippen molar-refractivity contribution in [2.45, 2.75) is 13.5 Å². The molecule has 6 nitrogen and oxygen atoms in total. The summed E-state index contributed by atoms with van der Waals surface area (Å²) in [5, 5.41) is 0. The van der Waals surface area contributed by atoms with E-state index in [0.29, 0.717) is 22.4 Å². The summed E-state index contributed by atoms with van der Waals surface area (Å²) >= 11 is 0. The minimum absolute atomic E-state index is 0.147. The van der Waals surface area contributed by atoms with E-state index in [1.807, 2.05) is 6.07 Å². The molecule has 0 atom stereocenters. The van der Waals surface area contributed by atoms with Gasteiger partial charge in [0.1, 0.15) is 5.76 Å². The lowest BCUT2D eigenvalue weighted by Crippen LogP contribution is -2.14. The number of para-hydroxylation sites is 2. The minimum Gasteiger partial charge on any atom is -0.463 e. The van der Waals surface area contributed by atoms with Crippen LogP contribution in [0.3, 0.4) is 0 Å². The minimum atomic E-state index is -0.539. The van der Waals surface area contributed by atoms with Crippen LogP contribution in [0.4, 0.5) is 0 Å². The maximum Gasteiger partial charge on any atom is 0.420 e. The van der Waals surface area contributed by atoms with Gasteiger partial charge in [0.05, 0.1) is 19.2 Å². The van der Waals surface area contributed by atoms with Crippen molar-refractivity contribution < 1.29 is 18.4 Å². The molecule has 6 heteroatoms. The fraction of sp³-hybridized carbons (Fsp3) is 0.200. The Kier molecular flexibility index (Phi) is 3.13. The number of rotatable bonds is 3. The van der Waals surface area contributed by atoms with E-state index in [0.717, 1.165) is 0 Å². The smallest absolute Gasteiger partial charge is 0.420 e. The number of aryl methyl sites for hydroxylation is 1. The molecule has 0 radical (unpaired) electrons. The molecule has 2 aromatic heterocycles. The molecule has 0 aliphatic heterocycles. The number of oxazole rings is 1. The van der Waals surface area contributed by atoms with Crippen LogP contribution in [0, 0.1) is 6.92 Å². The third-order valence-electron chi connectivity index (χ3n) is 3.23. The van der Waals surface area contributed by atoms with Crippen molar-refractivity contribution in [1.29, 1.82) is 0 Å². The predicted molar refractivity (Wildman–Crippen MR) is 74.4 cm³/mol. The highest BCUT2D eigenvalue weighted by Crippen LogP contribution is 2.18. The summed E-state index contributed by atoms with van der Waals surface area (Å²) < 4.78 is 16.7. The van der Waals surface area contributed by atoms with Crippen LogP contribution >= 0.6 is 0 Å². The van der Waals surface area contributed by atoms with E-state index in [9.17, 15) is 9.59 Å². The van der Waals surface area contributed by atoms with E-state index in [1.165, 1.54) is 11.7 Å². The van der Waals surface area contributed by atoms with E-state index >= 15 is 0 Å². The number of ether oxygens (including phenoxy) is 1. The topological polar surface area (TPSA) is 74.6 Å². The van der Waals surface area contributed by atoms with Gasteiger partial charge < -0.3 is 13.6 Å². The third kappa shape index (κ3) is 2.24. The molecule has 0 fully saturated rings. The molecule has 0 aliphatic rings. The SMILES string of the molecule is COC(=O)c1oc(Cn2c(=O)oc3ccccc32)cc1C. The van der Waals surface area contributed by atoms with Gasteiger partial charge in [0.25, 0.3) is 0 Å². The van der Waals surface area contributed by atoms with Crippen molar-refractivity contribution in [3.63, 3.8) is 0 Å². The average molecular weight is 287 g/mol. The maximum absolute atomic E-state index is 11.9. The van der Waals surface area contributed by atoms with Crippen LogP contribution in [0.2, 0.25) is 0 Å². The van der Waals surface area contributed by atoms with Gasteiger partial charge in [-0.3, -0.25) is 4.57 Å². The van der Waals surface area contributed by atoms with Crippen LogP contribution in [0.5, 0.6) is 0 Å². The average Bonchev–Trinajstić information content (AvgIpc) is 2.99. The van der Waals surface area contributed by atoms with Gasteiger partial charge in [-0.1, -0.05) is 12.1 Å². The summed E-state index contributed by atoms with van der Waals surface area (Å²) in [5.41, 5.74) is 1.85. The van der Waals surface area contributed by atoms with Gasteiger partial charge in [0.15, 0.2) is 5.58 Å². The molecule has 3 rings (SSSR count). The molecule has 0 unspecified atom stereocenters. The Morgan fingerprint density at radius 3 is 2.81 bits per heavy atom. The molecule has 1 aromatic carbocycles. The lowest BCUT2D eigenvalue weighted by atomic mass is 10.2. The Morgan fingerprint density at radius 1 is 1.29 bits per heavy atom. The van der Waals surface area contributed by atoms with Crippen molar-refractivity contribution in [3.8, 4) is 0 Å². The number of methoxy groups -OCH3 is 1. The molecule has 3 aromatic rings. The highest BCUT2D eigenvalue weighted by molar-refractivity contribution is 5.87. The number of aromatic nitrogens is 1. The monoisotopic (exact) mass is 287 g/mol. The van der Waals surface area contributed by atoms with E-state index in [1.54, 1.807) is 31.2 Å². The Morgan fingerprint density at radius 2 is 2.05 bits per heavy atom. The molecular weight excluding hydrogens is 274 g/mol. The second kappa shape index (κ2) is 4.97. The summed E-state index contributed by atoms with van der Waals surface area (Å²) in [6.07, 6.45) is 0. The van der Waals surface area contributed by atoms with Gasteiger partial charge in [-0.2, -0.15) is 0 Å². The second-order valence-electron chi connectivity index (χ2n) is 4.64. The first-order valence-corrected chi connectivity index (χ1v) is 6.36. The molecule has 2 heterocycles. The summed E-state index contributed by atoms with van der Waals surface area (Å²) in [6.45, 7) is 1.93. The Balaban J connectivity index is 2.01. The van der Waals surface area contributed by atoms with Gasteiger partial charge in [-0.05, 0) is 25.1 Å². The van der Waals surface area contributed by atoms with Crippen molar-refractivity contribution in [2.24, 2.45) is 0 Å². The first-order valence-electron chi connectivity index (χ1n) is 6.36. The molecular formula is C15H13NO5. The predicted octanol–water partition coefficient (Wildman–Crippen LogP) is 2.33. The third-order valence-corrected chi connectivity index (χ3v) is 3.23. The zero-order valence-electron chi connectivity index (χ0n) is 11.6. The maximum atomic E-state index is 11.9. The molecule has 0 N–H and O–H groups in total. The molecule has 0 saturated carbocycles. The largest absolute Gasteiger partial charge is 0.463 e. The highest BCUT2D eigenvalue weighted by atomic mass is 16.5. The first-order chi connectivity index (χ1) is 10.1. The van der Waals surface area contributed by atoms with Gasteiger partial charge >= 0.3 is 11.7 Å². The van der Waals surface area contributed by atoms with E-state index in [-0.39, 0.29) is 12.3 Å². The van der Waals surface area contributed by atoms with Crippen LogP contribution in [0.1, 0.15) is 21.9 Å². The van der Waals surface area contributed by atoms with E-state index < -0.39 is 11.7 Å². The molecule has 0 spiro atoms. The molecule has 0 aliphatic carbocycles. The van der Waals surface area contributed by atoms with Crippen molar-refractivity contribution in [2.75, 3.05) is 7.11 Å². The number of furan rings is 1. The Labute approximate surface area is 119 Å². The molecule has 0 saturated heterocycles. The Hall–Kier alpha value is -2.76. The van der Waals surface area contributed by atoms with Crippen molar-refractivity contribution in [1.82, 2.24) is 4.57 Å². The van der Waals surface area contributed by atoms with Crippen molar-refractivity contribution in [3.05, 3.63) is 58.0 Å². The summed E-state index contributed by atoms with van der Waals surface area (Å²) in [6, 6.07) is 8.83. The van der Waals surface area contributed by atoms with Crippen molar-refractivity contribution >= 4 is 17.1 Å². The fourth-order valence-electron chi connectivity index (χ4n) is 2.24. The normalized spacial score (nSPS) is 11.0. The molecule has 21 heavy (non-hydrogen) atoms. The van der Waals surface area contributed by atoms with Crippen LogP contribution in [-0.2, 0) is 11.3 Å². The second-order valence-corrected chi connectivity index (χ2v) is 4.64. The van der Waals surface area contributed by atoms with Gasteiger partial charge in [-0.25, -0.2) is 9.59 Å². The van der Waals surface area contributed by atoms with Crippen LogP contribution in [-0.4, -0.2) is 17.6 Å². The Bertz CT molecular complexity index is 868. The highest BCUT2D eigenvalue weighted by Gasteiger charge is 2.17. The van der Waals surface area contributed by atoms with Gasteiger partial charge in [0.2, 0.25) is 5.76 Å². The summed E-state index contributed by atoms with van der Waals surface area (Å²) in [4.78, 5) is 23.4. The standard InChI is InChI=1S/C15H13NO5/c1-9-7-10(20-13(9)14(17)19-2)8-16-11-5-3-4-6-12(11)21-15(16)18/h3-7H,8H2,1-2H3. The first kappa shape index (κ1) is 13.2. The number of benzene rings is 1.